The molecule has 1 aliphatic heterocycles. The summed E-state index contributed by atoms with van der Waals surface area (Å²) < 4.78 is 60.4. The Morgan fingerprint density at radius 1 is 0.871 bits per heavy atom. The van der Waals surface area contributed by atoms with Crippen LogP contribution in [-0.4, -0.2) is 110 Å². The fourth-order valence-corrected chi connectivity index (χ4v) is 9.86. The highest BCUT2D eigenvalue weighted by molar-refractivity contribution is 7.44. The topological polar surface area (TPSA) is 178 Å². The summed E-state index contributed by atoms with van der Waals surface area (Å²) >= 11 is 0. The Morgan fingerprint density at radius 2 is 1.46 bits per heavy atom. The number of esters is 1. The van der Waals surface area contributed by atoms with Gasteiger partial charge in [0.1, 0.15) is 47.8 Å². The van der Waals surface area contributed by atoms with Gasteiger partial charge in [0.2, 0.25) is 5.82 Å². The van der Waals surface area contributed by atoms with Gasteiger partial charge in [0, 0.05) is 40.2 Å². The predicted molar refractivity (Wildman–Crippen MR) is 265 cm³/mol. The fraction of sp³-hybridized carbons (Fsp3) is 0.404. The van der Waals surface area contributed by atoms with Crippen molar-refractivity contribution in [2.45, 2.75) is 89.9 Å². The molecule has 0 radical (unpaired) electrons. The molecule has 2 heterocycles. The summed E-state index contributed by atoms with van der Waals surface area (Å²) in [6.07, 6.45) is -0.780. The van der Waals surface area contributed by atoms with Crippen molar-refractivity contribution >= 4 is 26.7 Å². The van der Waals surface area contributed by atoms with E-state index in [4.69, 9.17) is 42.2 Å². The minimum atomic E-state index is -1.86. The Balaban J connectivity index is 1.48. The van der Waals surface area contributed by atoms with Crippen LogP contribution >= 0.6 is 8.53 Å². The average Bonchev–Trinajstić information content (AvgIpc) is 3.70. The number of carbonyl (C=O) groups excluding carboxylic acids is 1. The van der Waals surface area contributed by atoms with E-state index in [0.717, 1.165) is 22.3 Å². The van der Waals surface area contributed by atoms with Crippen molar-refractivity contribution in [2.24, 2.45) is 4.99 Å². The maximum absolute atomic E-state index is 14.3. The van der Waals surface area contributed by atoms with E-state index in [9.17, 15) is 14.9 Å². The lowest BCUT2D eigenvalue weighted by atomic mass is 9.80. The van der Waals surface area contributed by atoms with Crippen LogP contribution in [0.25, 0.3) is 0 Å². The summed E-state index contributed by atoms with van der Waals surface area (Å²) in [5.74, 6) is 1.50. The number of nitrogens with zero attached hydrogens (tertiary/aromatic N) is 6. The number of carbonyl (C=O) groups is 1. The lowest BCUT2D eigenvalue weighted by Crippen LogP contribution is -2.43. The monoisotopic (exact) mass is 978 g/mol. The van der Waals surface area contributed by atoms with Crippen molar-refractivity contribution in [1.82, 2.24) is 19.1 Å². The van der Waals surface area contributed by atoms with Crippen molar-refractivity contribution in [2.75, 3.05) is 48.6 Å². The molecule has 1 saturated heterocycles. The van der Waals surface area contributed by atoms with Gasteiger partial charge in [-0.25, -0.2) is 14.5 Å². The molecule has 0 bridgehead atoms. The summed E-state index contributed by atoms with van der Waals surface area (Å²) in [7, 11) is 6.48. The van der Waals surface area contributed by atoms with E-state index in [1.54, 1.807) is 57.5 Å². The van der Waals surface area contributed by atoms with Crippen molar-refractivity contribution < 1.29 is 47.0 Å². The standard InChI is InChI=1S/C52H63N6O11P/c1-35(2)58(36(3)4)70(66-30-14-29-53)69-47-46(33-65-52(39-15-12-11-13-16-39,40-19-25-42(61-8)26-20-40)41-21-27-43(62-9)28-22-41)68-50(48(47)63-10)57-31-45(49(55-51(57)60)54-34-56(6)7)64-32-38-17-23-44(24-18-38)67-37(5)59/h11-13,15-28,31,34-36,46-48,50H,14,30,32-33H2,1-10H3. The van der Waals surface area contributed by atoms with Gasteiger partial charge in [0.15, 0.2) is 12.0 Å². The predicted octanol–water partition coefficient (Wildman–Crippen LogP) is 8.57. The molecule has 5 atom stereocenters. The molecule has 0 N–H and O–H groups in total. The average molecular weight is 979 g/mol. The molecule has 0 amide bonds. The molecule has 18 heteroatoms. The maximum atomic E-state index is 14.3. The third-order valence-corrected chi connectivity index (χ3v) is 13.4. The van der Waals surface area contributed by atoms with Crippen molar-refractivity contribution in [3.05, 3.63) is 142 Å². The zero-order valence-corrected chi connectivity index (χ0v) is 42.3. The molecule has 1 aliphatic rings. The molecular formula is C52H63N6O11P. The van der Waals surface area contributed by atoms with Crippen LogP contribution in [0.5, 0.6) is 23.0 Å². The second-order valence-electron chi connectivity index (χ2n) is 17.1. The molecule has 5 aromatic rings. The van der Waals surface area contributed by atoms with E-state index in [-0.39, 0.29) is 49.9 Å². The van der Waals surface area contributed by atoms with Crippen LogP contribution in [0.3, 0.4) is 0 Å². The van der Waals surface area contributed by atoms with Gasteiger partial charge in [0.25, 0.3) is 8.53 Å². The summed E-state index contributed by atoms with van der Waals surface area (Å²) in [5, 5.41) is 9.54. The fourth-order valence-electron chi connectivity index (χ4n) is 8.09. The van der Waals surface area contributed by atoms with Gasteiger partial charge in [-0.2, -0.15) is 10.2 Å². The van der Waals surface area contributed by atoms with E-state index in [0.29, 0.717) is 17.2 Å². The van der Waals surface area contributed by atoms with E-state index >= 15 is 0 Å². The number of aliphatic imine (C=N–C) groups is 1. The smallest absolute Gasteiger partial charge is 0.352 e. The first-order chi connectivity index (χ1) is 33.7. The number of hydrogen-bond donors (Lipinski definition) is 0. The highest BCUT2D eigenvalue weighted by atomic mass is 31.2. The Hall–Kier alpha value is -6.22. The second-order valence-corrected chi connectivity index (χ2v) is 18.5. The Morgan fingerprint density at radius 3 is 1.99 bits per heavy atom. The first kappa shape index (κ1) is 53.1. The van der Waals surface area contributed by atoms with Gasteiger partial charge < -0.3 is 47.1 Å². The molecule has 1 aromatic heterocycles. The molecule has 6 rings (SSSR count). The van der Waals surface area contributed by atoms with Crippen LogP contribution in [0, 0.1) is 11.3 Å². The lowest BCUT2D eigenvalue weighted by Gasteiger charge is -2.39. The Labute approximate surface area is 411 Å². The zero-order valence-electron chi connectivity index (χ0n) is 41.4. The van der Waals surface area contributed by atoms with Gasteiger partial charge in [0.05, 0.1) is 52.5 Å². The number of ether oxygens (including phenoxy) is 7. The van der Waals surface area contributed by atoms with E-state index in [1.807, 2.05) is 107 Å². The number of hydrogen-bond acceptors (Lipinski definition) is 15. The van der Waals surface area contributed by atoms with Crippen molar-refractivity contribution in [3.8, 4) is 29.1 Å². The van der Waals surface area contributed by atoms with Crippen LogP contribution in [0.1, 0.15) is 69.5 Å². The molecule has 1 fully saturated rings. The number of methoxy groups -OCH3 is 3. The van der Waals surface area contributed by atoms with Gasteiger partial charge in [-0.05, 0) is 86.3 Å². The molecule has 5 unspecified atom stereocenters. The highest BCUT2D eigenvalue weighted by Gasteiger charge is 2.51. The van der Waals surface area contributed by atoms with Gasteiger partial charge in [-0.15, -0.1) is 0 Å². The number of aromatic nitrogens is 2. The summed E-state index contributed by atoms with van der Waals surface area (Å²) in [6, 6.07) is 34.2. The normalized spacial score (nSPS) is 17.5. The number of rotatable bonds is 24. The summed E-state index contributed by atoms with van der Waals surface area (Å²) in [4.78, 5) is 36.5. The van der Waals surface area contributed by atoms with Crippen LogP contribution in [0.15, 0.2) is 119 Å². The van der Waals surface area contributed by atoms with Crippen LogP contribution in [0.4, 0.5) is 5.82 Å². The molecule has 372 valence electrons. The van der Waals surface area contributed by atoms with Gasteiger partial charge >= 0.3 is 11.7 Å². The third-order valence-electron chi connectivity index (χ3n) is 11.2. The first-order valence-electron chi connectivity index (χ1n) is 22.9. The lowest BCUT2D eigenvalue weighted by molar-refractivity contribution is -0.131. The molecule has 0 aliphatic carbocycles. The quantitative estimate of drug-likeness (QED) is 0.0109. The van der Waals surface area contributed by atoms with Crippen LogP contribution in [-0.2, 0) is 40.3 Å². The van der Waals surface area contributed by atoms with Crippen molar-refractivity contribution in [3.63, 3.8) is 0 Å². The molecule has 70 heavy (non-hydrogen) atoms. The van der Waals surface area contributed by atoms with Gasteiger partial charge in [-0.1, -0.05) is 66.7 Å². The third kappa shape index (κ3) is 12.9. The first-order valence-corrected chi connectivity index (χ1v) is 24.0. The van der Waals surface area contributed by atoms with E-state index in [1.165, 1.54) is 31.1 Å². The van der Waals surface area contributed by atoms with E-state index < -0.39 is 50.3 Å². The summed E-state index contributed by atoms with van der Waals surface area (Å²) in [6.45, 7) is 9.60. The van der Waals surface area contributed by atoms with Gasteiger partial charge in [-0.3, -0.25) is 9.36 Å². The van der Waals surface area contributed by atoms with Crippen LogP contribution < -0.4 is 24.6 Å². The van der Waals surface area contributed by atoms with Crippen molar-refractivity contribution in [1.29, 1.82) is 5.26 Å². The minimum Gasteiger partial charge on any atom is -0.497 e. The molecule has 0 spiro atoms. The van der Waals surface area contributed by atoms with Crippen LogP contribution in [0.2, 0.25) is 0 Å². The maximum Gasteiger partial charge on any atom is 0.352 e. The zero-order chi connectivity index (χ0) is 50.4. The highest BCUT2D eigenvalue weighted by Crippen LogP contribution is 2.51. The summed E-state index contributed by atoms with van der Waals surface area (Å²) in [5.41, 5.74) is 1.23. The molecular weight excluding hydrogens is 916 g/mol. The Bertz CT molecular complexity index is 2520. The van der Waals surface area contributed by atoms with E-state index in [2.05, 4.69) is 20.7 Å². The Kier molecular flexibility index (Phi) is 19.0. The number of benzene rings is 4. The second kappa shape index (κ2) is 25.1. The minimum absolute atomic E-state index is 0.0301. The molecule has 17 nitrogen and oxygen atoms in total. The molecule has 4 aromatic carbocycles. The molecule has 0 saturated carbocycles. The number of nitriles is 1. The largest absolute Gasteiger partial charge is 0.497 e. The SMILES string of the molecule is COc1ccc(C(OCC2OC(n3cc(OCc4ccc(OC(C)=O)cc4)c(N=CN(C)C)nc3=O)C(OC)C2OP(OCCC#N)N(C(C)C)C(C)C)(c2ccccc2)c2ccc(OC)cc2)cc1.